The summed E-state index contributed by atoms with van der Waals surface area (Å²) in [6, 6.07) is 5.39. The molecule has 2 N–H and O–H groups in total. The summed E-state index contributed by atoms with van der Waals surface area (Å²) in [5.41, 5.74) is 1.51. The summed E-state index contributed by atoms with van der Waals surface area (Å²) < 4.78 is 4.88. The maximum atomic E-state index is 12.0. The first-order valence-electron chi connectivity index (χ1n) is 9.01. The number of pyridine rings is 1. The van der Waals surface area contributed by atoms with Gasteiger partial charge in [0.2, 0.25) is 0 Å². The molecule has 28 heavy (non-hydrogen) atoms. The van der Waals surface area contributed by atoms with Crippen molar-refractivity contribution in [2.24, 2.45) is 4.99 Å². The zero-order valence-electron chi connectivity index (χ0n) is 15.9. The number of rotatable bonds is 6. The van der Waals surface area contributed by atoms with E-state index in [1.807, 2.05) is 6.07 Å². The number of carbonyl (C=O) groups excluding carboxylic acids is 1. The summed E-state index contributed by atoms with van der Waals surface area (Å²) in [6.07, 6.45) is 4.80. The molecular formula is C18H26IN7O2. The SMILES string of the molecule is CN=C(NCCNC(=O)c1cccnc1)N1CCN(Cc2ccon2)CC1.I. The molecule has 1 saturated heterocycles. The van der Waals surface area contributed by atoms with Crippen LogP contribution in [0, 0.1) is 0 Å². The number of amides is 1. The highest BCUT2D eigenvalue weighted by atomic mass is 127. The minimum Gasteiger partial charge on any atom is -0.364 e. The highest BCUT2D eigenvalue weighted by molar-refractivity contribution is 14.0. The zero-order valence-corrected chi connectivity index (χ0v) is 18.2. The van der Waals surface area contributed by atoms with Crippen LogP contribution >= 0.6 is 24.0 Å². The van der Waals surface area contributed by atoms with Crippen LogP contribution < -0.4 is 10.6 Å². The van der Waals surface area contributed by atoms with Crippen molar-refractivity contribution in [2.45, 2.75) is 6.54 Å². The fourth-order valence-corrected chi connectivity index (χ4v) is 2.95. The van der Waals surface area contributed by atoms with Crippen molar-refractivity contribution in [3.05, 3.63) is 48.1 Å². The lowest BCUT2D eigenvalue weighted by Gasteiger charge is -2.36. The van der Waals surface area contributed by atoms with Crippen LogP contribution in [0.15, 0.2) is 46.4 Å². The van der Waals surface area contributed by atoms with Gasteiger partial charge in [0.1, 0.15) is 6.26 Å². The number of halogens is 1. The Morgan fingerprint density at radius 2 is 2.00 bits per heavy atom. The molecule has 0 aliphatic carbocycles. The molecule has 0 atom stereocenters. The Morgan fingerprint density at radius 1 is 1.21 bits per heavy atom. The molecule has 2 aromatic rings. The second-order valence-corrected chi connectivity index (χ2v) is 6.23. The van der Waals surface area contributed by atoms with E-state index < -0.39 is 0 Å². The van der Waals surface area contributed by atoms with Crippen molar-refractivity contribution >= 4 is 35.8 Å². The van der Waals surface area contributed by atoms with E-state index in [9.17, 15) is 4.79 Å². The number of hydrogen-bond donors (Lipinski definition) is 2. The van der Waals surface area contributed by atoms with Crippen molar-refractivity contribution in [1.29, 1.82) is 0 Å². The Labute approximate surface area is 181 Å². The number of aliphatic imine (C=N–C) groups is 1. The van der Waals surface area contributed by atoms with Gasteiger partial charge in [0.15, 0.2) is 5.96 Å². The number of nitrogens with zero attached hydrogens (tertiary/aromatic N) is 5. The molecule has 0 saturated carbocycles. The molecule has 1 fully saturated rings. The molecule has 0 unspecified atom stereocenters. The van der Waals surface area contributed by atoms with E-state index in [0.29, 0.717) is 18.7 Å². The molecule has 2 aromatic heterocycles. The summed E-state index contributed by atoms with van der Waals surface area (Å²) in [6.45, 7) is 5.57. The second-order valence-electron chi connectivity index (χ2n) is 6.23. The van der Waals surface area contributed by atoms with E-state index in [2.05, 4.69) is 35.6 Å². The molecule has 1 aliphatic rings. The number of carbonyl (C=O) groups is 1. The Kier molecular flexibility index (Phi) is 9.14. The first-order chi connectivity index (χ1) is 13.3. The second kappa shape index (κ2) is 11.6. The van der Waals surface area contributed by atoms with E-state index in [-0.39, 0.29) is 29.9 Å². The van der Waals surface area contributed by atoms with E-state index >= 15 is 0 Å². The smallest absolute Gasteiger partial charge is 0.252 e. The monoisotopic (exact) mass is 499 g/mol. The largest absolute Gasteiger partial charge is 0.364 e. The fourth-order valence-electron chi connectivity index (χ4n) is 2.95. The number of guanidine groups is 1. The third-order valence-corrected chi connectivity index (χ3v) is 4.38. The molecule has 10 heteroatoms. The maximum absolute atomic E-state index is 12.0. The van der Waals surface area contributed by atoms with Crippen molar-refractivity contribution in [3.63, 3.8) is 0 Å². The van der Waals surface area contributed by atoms with Gasteiger partial charge in [0.05, 0.1) is 11.3 Å². The molecule has 0 aromatic carbocycles. The Balaban J connectivity index is 0.00000280. The van der Waals surface area contributed by atoms with Crippen molar-refractivity contribution < 1.29 is 9.32 Å². The molecule has 152 valence electrons. The van der Waals surface area contributed by atoms with Gasteiger partial charge in [-0.25, -0.2) is 0 Å². The number of nitrogens with one attached hydrogen (secondary N) is 2. The van der Waals surface area contributed by atoms with Gasteiger partial charge >= 0.3 is 0 Å². The number of aromatic nitrogens is 2. The van der Waals surface area contributed by atoms with Crippen LogP contribution in [0.1, 0.15) is 16.1 Å². The van der Waals surface area contributed by atoms with Crippen LogP contribution in [0.3, 0.4) is 0 Å². The van der Waals surface area contributed by atoms with Gasteiger partial charge in [0, 0.05) is 71.3 Å². The van der Waals surface area contributed by atoms with E-state index in [1.54, 1.807) is 37.8 Å². The first-order valence-corrected chi connectivity index (χ1v) is 9.01. The number of hydrogen-bond acceptors (Lipinski definition) is 6. The lowest BCUT2D eigenvalue weighted by atomic mass is 10.3. The standard InChI is InChI=1S/C18H25N7O2.HI/c1-19-18(22-7-6-21-17(26)15-3-2-5-20-13-15)25-10-8-24(9-11-25)14-16-4-12-27-23-16;/h2-5,12-13H,6-11,14H2,1H3,(H,19,22)(H,21,26);1H. The molecule has 0 bridgehead atoms. The predicted molar refractivity (Wildman–Crippen MR) is 117 cm³/mol. The predicted octanol–water partition coefficient (Wildman–Crippen LogP) is 0.811. The van der Waals surface area contributed by atoms with Crippen LogP contribution in [0.25, 0.3) is 0 Å². The molecule has 3 heterocycles. The lowest BCUT2D eigenvalue weighted by molar-refractivity contribution is 0.0954. The van der Waals surface area contributed by atoms with Gasteiger partial charge in [-0.05, 0) is 12.1 Å². The quantitative estimate of drug-likeness (QED) is 0.263. The molecule has 0 radical (unpaired) electrons. The molecular weight excluding hydrogens is 473 g/mol. The Hall–Kier alpha value is -2.21. The highest BCUT2D eigenvalue weighted by Gasteiger charge is 2.20. The van der Waals surface area contributed by atoms with Crippen LogP contribution in [0.4, 0.5) is 0 Å². The average molecular weight is 499 g/mol. The van der Waals surface area contributed by atoms with Crippen molar-refractivity contribution in [2.75, 3.05) is 46.3 Å². The van der Waals surface area contributed by atoms with Crippen LogP contribution in [-0.4, -0.2) is 78.1 Å². The normalized spacial score (nSPS) is 15.0. The highest BCUT2D eigenvalue weighted by Crippen LogP contribution is 2.07. The van der Waals surface area contributed by atoms with Crippen molar-refractivity contribution in [1.82, 2.24) is 30.6 Å². The summed E-state index contributed by atoms with van der Waals surface area (Å²) in [4.78, 5) is 24.9. The molecule has 9 nitrogen and oxygen atoms in total. The van der Waals surface area contributed by atoms with Gasteiger partial charge in [-0.2, -0.15) is 0 Å². The number of piperazine rings is 1. The first kappa shape index (κ1) is 22.1. The minimum absolute atomic E-state index is 0. The molecule has 1 aliphatic heterocycles. The van der Waals surface area contributed by atoms with Gasteiger partial charge in [0.25, 0.3) is 5.91 Å². The Bertz CT molecular complexity index is 732. The molecule has 1 amide bonds. The third-order valence-electron chi connectivity index (χ3n) is 4.38. The average Bonchev–Trinajstić information content (AvgIpc) is 3.22. The lowest BCUT2D eigenvalue weighted by Crippen LogP contribution is -2.53. The fraction of sp³-hybridized carbons (Fsp3) is 0.444. The maximum Gasteiger partial charge on any atom is 0.252 e. The van der Waals surface area contributed by atoms with Crippen LogP contribution in [-0.2, 0) is 6.54 Å². The van der Waals surface area contributed by atoms with E-state index in [1.165, 1.54) is 0 Å². The van der Waals surface area contributed by atoms with Gasteiger partial charge < -0.3 is 20.1 Å². The molecule has 0 spiro atoms. The summed E-state index contributed by atoms with van der Waals surface area (Å²) in [7, 11) is 1.78. The van der Waals surface area contributed by atoms with E-state index in [4.69, 9.17) is 4.52 Å². The van der Waals surface area contributed by atoms with E-state index in [0.717, 1.165) is 44.4 Å². The summed E-state index contributed by atoms with van der Waals surface area (Å²) in [5, 5.41) is 10.1. The van der Waals surface area contributed by atoms with Gasteiger partial charge in [-0.1, -0.05) is 5.16 Å². The van der Waals surface area contributed by atoms with Gasteiger partial charge in [-0.3, -0.25) is 19.7 Å². The van der Waals surface area contributed by atoms with Gasteiger partial charge in [-0.15, -0.1) is 24.0 Å². The van der Waals surface area contributed by atoms with Crippen molar-refractivity contribution in [3.8, 4) is 0 Å². The summed E-state index contributed by atoms with van der Waals surface area (Å²) >= 11 is 0. The zero-order chi connectivity index (χ0) is 18.9. The van der Waals surface area contributed by atoms with Crippen LogP contribution in [0.2, 0.25) is 0 Å². The molecule has 3 rings (SSSR count). The summed E-state index contributed by atoms with van der Waals surface area (Å²) in [5.74, 6) is 0.730. The third kappa shape index (κ3) is 6.44. The Morgan fingerprint density at radius 3 is 2.64 bits per heavy atom. The topological polar surface area (TPSA) is 98.9 Å². The minimum atomic E-state index is -0.124. The van der Waals surface area contributed by atoms with Crippen LogP contribution in [0.5, 0.6) is 0 Å².